The van der Waals surface area contributed by atoms with E-state index in [1.165, 1.54) is 12.1 Å². The molecule has 0 aliphatic heterocycles. The number of carbonyl (C=O) groups excluding carboxylic acids is 1. The van der Waals surface area contributed by atoms with Crippen LogP contribution in [0.25, 0.3) is 0 Å². The van der Waals surface area contributed by atoms with E-state index in [4.69, 9.17) is 5.73 Å². The fourth-order valence-corrected chi connectivity index (χ4v) is 2.47. The molecule has 1 atom stereocenters. The van der Waals surface area contributed by atoms with Crippen LogP contribution in [0.2, 0.25) is 0 Å². The van der Waals surface area contributed by atoms with Gasteiger partial charge < -0.3 is 11.1 Å². The van der Waals surface area contributed by atoms with Crippen LogP contribution in [0.1, 0.15) is 25.7 Å². The lowest BCUT2D eigenvalue weighted by Crippen LogP contribution is -2.40. The maximum atomic E-state index is 13.0. The number of nitrogens with two attached hydrogens (primary N) is 1. The Morgan fingerprint density at radius 1 is 1.41 bits per heavy atom. The van der Waals surface area contributed by atoms with Crippen LogP contribution in [-0.4, -0.2) is 11.9 Å². The second-order valence-electron chi connectivity index (χ2n) is 4.58. The van der Waals surface area contributed by atoms with E-state index in [2.05, 4.69) is 5.32 Å². The molecule has 1 unspecified atom stereocenters. The maximum absolute atomic E-state index is 13.0. The van der Waals surface area contributed by atoms with Crippen molar-refractivity contribution >= 4 is 11.6 Å². The molecule has 4 heteroatoms. The van der Waals surface area contributed by atoms with Crippen molar-refractivity contribution in [2.24, 2.45) is 11.7 Å². The highest BCUT2D eigenvalue weighted by molar-refractivity contribution is 5.83. The summed E-state index contributed by atoms with van der Waals surface area (Å²) in [4.78, 5) is 11.4. The van der Waals surface area contributed by atoms with Gasteiger partial charge in [0, 0.05) is 5.69 Å². The van der Waals surface area contributed by atoms with Gasteiger partial charge in [0.2, 0.25) is 5.91 Å². The molecule has 0 spiro atoms. The number of nitrogens with one attached hydrogen (secondary N) is 1. The molecule has 3 N–H and O–H groups in total. The molecule has 1 fully saturated rings. The number of benzene rings is 1. The number of hydrogen-bond acceptors (Lipinski definition) is 2. The van der Waals surface area contributed by atoms with Gasteiger partial charge in [-0.2, -0.15) is 0 Å². The Hall–Kier alpha value is -1.58. The SMILES string of the molecule is NC(=O)C(Nc1cccc(F)c1)C1CCCC1. The molecule has 0 radical (unpaired) electrons. The number of halogens is 1. The van der Waals surface area contributed by atoms with Gasteiger partial charge in [0.1, 0.15) is 11.9 Å². The lowest BCUT2D eigenvalue weighted by molar-refractivity contribution is -0.119. The summed E-state index contributed by atoms with van der Waals surface area (Å²) in [7, 11) is 0. The summed E-state index contributed by atoms with van der Waals surface area (Å²) in [6.45, 7) is 0. The zero-order valence-corrected chi connectivity index (χ0v) is 9.66. The van der Waals surface area contributed by atoms with E-state index in [0.29, 0.717) is 5.69 Å². The van der Waals surface area contributed by atoms with Crippen LogP contribution in [0.4, 0.5) is 10.1 Å². The van der Waals surface area contributed by atoms with Gasteiger partial charge in [-0.15, -0.1) is 0 Å². The van der Waals surface area contributed by atoms with Crippen molar-refractivity contribution in [1.29, 1.82) is 0 Å². The predicted molar refractivity (Wildman–Crippen MR) is 65.0 cm³/mol. The van der Waals surface area contributed by atoms with E-state index in [1.54, 1.807) is 12.1 Å². The fraction of sp³-hybridized carbons (Fsp3) is 0.462. The molecule has 92 valence electrons. The lowest BCUT2D eigenvalue weighted by Gasteiger charge is -2.22. The van der Waals surface area contributed by atoms with Crippen molar-refractivity contribution in [3.05, 3.63) is 30.1 Å². The van der Waals surface area contributed by atoms with Gasteiger partial charge in [-0.25, -0.2) is 4.39 Å². The first-order chi connectivity index (χ1) is 8.16. The lowest BCUT2D eigenvalue weighted by atomic mass is 9.97. The highest BCUT2D eigenvalue weighted by atomic mass is 19.1. The van der Waals surface area contributed by atoms with Crippen LogP contribution in [0.5, 0.6) is 0 Å². The molecule has 1 amide bonds. The molecule has 1 saturated carbocycles. The number of hydrogen-bond donors (Lipinski definition) is 2. The summed E-state index contributed by atoms with van der Waals surface area (Å²) in [5.74, 6) is -0.401. The zero-order chi connectivity index (χ0) is 12.3. The third kappa shape index (κ3) is 2.96. The van der Waals surface area contributed by atoms with Gasteiger partial charge in [-0.05, 0) is 37.0 Å². The number of primary amides is 1. The average molecular weight is 236 g/mol. The predicted octanol–water partition coefficient (Wildman–Crippen LogP) is 2.28. The van der Waals surface area contributed by atoms with Crippen molar-refractivity contribution < 1.29 is 9.18 Å². The minimum absolute atomic E-state index is 0.274. The molecule has 0 aromatic heterocycles. The Kier molecular flexibility index (Phi) is 3.61. The highest BCUT2D eigenvalue weighted by Gasteiger charge is 2.28. The summed E-state index contributed by atoms with van der Waals surface area (Å²) in [5, 5.41) is 3.05. The Balaban J connectivity index is 2.09. The van der Waals surface area contributed by atoms with Crippen molar-refractivity contribution in [3.63, 3.8) is 0 Å². The van der Waals surface area contributed by atoms with Crippen molar-refractivity contribution in [3.8, 4) is 0 Å². The summed E-state index contributed by atoms with van der Waals surface area (Å²) in [6, 6.07) is 5.72. The third-order valence-electron chi connectivity index (χ3n) is 3.32. The summed E-state index contributed by atoms with van der Waals surface area (Å²) in [5.41, 5.74) is 6.02. The van der Waals surface area contributed by atoms with Crippen molar-refractivity contribution in [2.75, 3.05) is 5.32 Å². The monoisotopic (exact) mass is 236 g/mol. The Morgan fingerprint density at radius 3 is 2.71 bits per heavy atom. The van der Waals surface area contributed by atoms with Gasteiger partial charge in [-0.3, -0.25) is 4.79 Å². The average Bonchev–Trinajstić information content (AvgIpc) is 2.78. The minimum Gasteiger partial charge on any atom is -0.373 e. The van der Waals surface area contributed by atoms with Crippen LogP contribution in [-0.2, 0) is 4.79 Å². The maximum Gasteiger partial charge on any atom is 0.240 e. The molecular weight excluding hydrogens is 219 g/mol. The van der Waals surface area contributed by atoms with E-state index in [-0.39, 0.29) is 23.7 Å². The molecular formula is C13H17FN2O. The number of carbonyl (C=O) groups is 1. The van der Waals surface area contributed by atoms with Gasteiger partial charge in [0.25, 0.3) is 0 Å². The summed E-state index contributed by atoms with van der Waals surface area (Å²) in [6.07, 6.45) is 4.30. The van der Waals surface area contributed by atoms with Crippen LogP contribution in [0.15, 0.2) is 24.3 Å². The molecule has 1 aromatic rings. The van der Waals surface area contributed by atoms with Gasteiger partial charge in [-0.1, -0.05) is 18.9 Å². The normalized spacial score (nSPS) is 17.9. The zero-order valence-electron chi connectivity index (χ0n) is 9.66. The second-order valence-corrected chi connectivity index (χ2v) is 4.58. The third-order valence-corrected chi connectivity index (χ3v) is 3.32. The van der Waals surface area contributed by atoms with Crippen LogP contribution < -0.4 is 11.1 Å². The first-order valence-corrected chi connectivity index (χ1v) is 5.98. The molecule has 1 aliphatic rings. The molecule has 2 rings (SSSR count). The second kappa shape index (κ2) is 5.17. The highest BCUT2D eigenvalue weighted by Crippen LogP contribution is 2.29. The van der Waals surface area contributed by atoms with E-state index in [0.717, 1.165) is 25.7 Å². The molecule has 3 nitrogen and oxygen atoms in total. The number of rotatable bonds is 4. The molecule has 17 heavy (non-hydrogen) atoms. The first-order valence-electron chi connectivity index (χ1n) is 5.98. The van der Waals surface area contributed by atoms with Gasteiger partial charge in [0.05, 0.1) is 0 Å². The van der Waals surface area contributed by atoms with E-state index in [9.17, 15) is 9.18 Å². The van der Waals surface area contributed by atoms with Gasteiger partial charge in [0.15, 0.2) is 0 Å². The van der Waals surface area contributed by atoms with E-state index in [1.807, 2.05) is 0 Å². The van der Waals surface area contributed by atoms with E-state index >= 15 is 0 Å². The fourth-order valence-electron chi connectivity index (χ4n) is 2.47. The van der Waals surface area contributed by atoms with Crippen LogP contribution >= 0.6 is 0 Å². The topological polar surface area (TPSA) is 55.1 Å². The largest absolute Gasteiger partial charge is 0.373 e. The van der Waals surface area contributed by atoms with Gasteiger partial charge >= 0.3 is 0 Å². The number of anilines is 1. The number of amides is 1. The van der Waals surface area contributed by atoms with Crippen LogP contribution in [0, 0.1) is 11.7 Å². The Bertz CT molecular complexity index is 402. The first kappa shape index (κ1) is 11.9. The Labute approximate surface area is 100 Å². The van der Waals surface area contributed by atoms with Crippen LogP contribution in [0.3, 0.4) is 0 Å². The molecule has 0 saturated heterocycles. The van der Waals surface area contributed by atoms with Crippen molar-refractivity contribution in [1.82, 2.24) is 0 Å². The smallest absolute Gasteiger partial charge is 0.240 e. The molecule has 0 bridgehead atoms. The standard InChI is InChI=1S/C13H17FN2O/c14-10-6-3-7-11(8-10)16-12(13(15)17)9-4-1-2-5-9/h3,6-9,12,16H,1-2,4-5H2,(H2,15,17). The van der Waals surface area contributed by atoms with E-state index < -0.39 is 0 Å². The minimum atomic E-state index is -0.390. The quantitative estimate of drug-likeness (QED) is 0.842. The summed E-state index contributed by atoms with van der Waals surface area (Å²) >= 11 is 0. The van der Waals surface area contributed by atoms with Crippen molar-refractivity contribution in [2.45, 2.75) is 31.7 Å². The summed E-state index contributed by atoms with van der Waals surface area (Å²) < 4.78 is 13.0. The Morgan fingerprint density at radius 2 is 2.12 bits per heavy atom. The molecule has 0 heterocycles. The molecule has 1 aliphatic carbocycles. The molecule has 1 aromatic carbocycles.